The second kappa shape index (κ2) is 26.7. The molecule has 0 saturated carbocycles. The molecule has 0 radical (unpaired) electrons. The number of aromatic nitrogens is 6. The van der Waals surface area contributed by atoms with E-state index >= 15 is 0 Å². The molecule has 20 heteroatoms. The van der Waals surface area contributed by atoms with Crippen molar-refractivity contribution >= 4 is 35.4 Å². The van der Waals surface area contributed by atoms with Crippen molar-refractivity contribution in [3.8, 4) is 0 Å². The molecule has 1 fully saturated rings. The van der Waals surface area contributed by atoms with Crippen LogP contribution < -0.4 is 43.0 Å². The summed E-state index contributed by atoms with van der Waals surface area (Å²) in [6, 6.07) is 5.56. The molecule has 1 aliphatic heterocycles. The van der Waals surface area contributed by atoms with Gasteiger partial charge >= 0.3 is 0 Å². The number of pyridine rings is 2. The predicted octanol–water partition coefficient (Wildman–Crippen LogP) is -0.323. The van der Waals surface area contributed by atoms with E-state index in [1.54, 1.807) is 50.5 Å². The van der Waals surface area contributed by atoms with Gasteiger partial charge in [-0.3, -0.25) is 43.3 Å². The van der Waals surface area contributed by atoms with Crippen molar-refractivity contribution in [3.05, 3.63) is 110 Å². The summed E-state index contributed by atoms with van der Waals surface area (Å²) in [5, 5.41) is 14.8. The van der Waals surface area contributed by atoms with Gasteiger partial charge in [0.2, 0.25) is 17.4 Å². The van der Waals surface area contributed by atoms with E-state index in [-0.39, 0.29) is 73.0 Å². The number of rotatable bonds is 5. The number of nitrogens with one attached hydrogen (secondary N) is 8. The third-order valence-electron chi connectivity index (χ3n) is 6.53. The van der Waals surface area contributed by atoms with E-state index in [2.05, 4.69) is 56.8 Å². The molecule has 0 aliphatic carbocycles. The Morgan fingerprint density at radius 2 is 1.36 bits per heavy atom. The van der Waals surface area contributed by atoms with Crippen molar-refractivity contribution in [2.45, 2.75) is 40.7 Å². The molecule has 8 N–H and O–H groups in total. The zero-order chi connectivity index (χ0) is 39.9. The van der Waals surface area contributed by atoms with Crippen molar-refractivity contribution in [1.82, 2.24) is 61.4 Å². The molecule has 1 saturated heterocycles. The van der Waals surface area contributed by atoms with Crippen molar-refractivity contribution in [2.24, 2.45) is 7.05 Å². The van der Waals surface area contributed by atoms with E-state index in [1.165, 1.54) is 50.9 Å². The number of imidazole rings is 1. The van der Waals surface area contributed by atoms with E-state index in [1.807, 2.05) is 14.0 Å². The monoisotopic (exact) mass is 768 g/mol. The number of aryl methyl sites for hydroxylation is 2. The Balaban J connectivity index is 0. The highest BCUT2D eigenvalue weighted by Gasteiger charge is 2.25. The number of amides is 6. The summed E-state index contributed by atoms with van der Waals surface area (Å²) in [6.07, 6.45) is 10.2. The van der Waals surface area contributed by atoms with Crippen molar-refractivity contribution in [2.75, 3.05) is 35.2 Å². The van der Waals surface area contributed by atoms with E-state index in [0.717, 1.165) is 5.69 Å². The third-order valence-corrected chi connectivity index (χ3v) is 6.53. The Bertz CT molecular complexity index is 1920. The molecule has 0 spiro atoms. The van der Waals surface area contributed by atoms with E-state index in [0.29, 0.717) is 29.8 Å². The molecule has 6 amide bonds. The summed E-state index contributed by atoms with van der Waals surface area (Å²) >= 11 is 0. The van der Waals surface area contributed by atoms with Gasteiger partial charge in [-0.15, -0.1) is 0 Å². The van der Waals surface area contributed by atoms with Crippen LogP contribution in [-0.4, -0.2) is 106 Å². The zero-order valence-electron chi connectivity index (χ0n) is 30.3. The third kappa shape index (κ3) is 18.4. The molecule has 5 rings (SSSR count). The Morgan fingerprint density at radius 3 is 1.80 bits per heavy atom. The first kappa shape index (κ1) is 50.1. The number of likely N-dealkylation sites (N-methyl/N-ethyl adjacent to an activating group) is 1. The molecule has 0 bridgehead atoms. The van der Waals surface area contributed by atoms with Crippen LogP contribution in [0.5, 0.6) is 0 Å². The van der Waals surface area contributed by atoms with Crippen molar-refractivity contribution in [1.29, 1.82) is 0 Å². The Hall–Kier alpha value is -6.99. The summed E-state index contributed by atoms with van der Waals surface area (Å²) in [7, 11) is 9.54. The molecular weight excluding hydrogens is 716 g/mol. The van der Waals surface area contributed by atoms with Crippen LogP contribution in [0.2, 0.25) is 0 Å². The van der Waals surface area contributed by atoms with E-state index < -0.39 is 0 Å². The molecule has 5 heterocycles. The lowest BCUT2D eigenvalue weighted by Gasteiger charge is -2.05. The van der Waals surface area contributed by atoms with Gasteiger partial charge in [0.1, 0.15) is 23.0 Å². The van der Waals surface area contributed by atoms with Crippen LogP contribution in [0.15, 0.2) is 71.2 Å². The van der Waals surface area contributed by atoms with Gasteiger partial charge in [0.05, 0.1) is 23.8 Å². The minimum absolute atomic E-state index is 0. The fourth-order valence-corrected chi connectivity index (χ4v) is 3.71. The lowest BCUT2D eigenvalue weighted by atomic mass is 10.2. The summed E-state index contributed by atoms with van der Waals surface area (Å²) in [5.41, 5.74) is 1.60. The van der Waals surface area contributed by atoms with Crippen LogP contribution >= 0.6 is 0 Å². The topological polar surface area (TPSA) is 284 Å². The number of nitrogens with zero attached hydrogens (tertiary/aromatic N) is 4. The highest BCUT2D eigenvalue weighted by atomic mass is 16.2. The highest BCUT2D eigenvalue weighted by Crippen LogP contribution is 2.05. The first-order chi connectivity index (χ1) is 25.2. The Kier molecular flexibility index (Phi) is 24.4. The lowest BCUT2D eigenvalue weighted by Crippen LogP contribution is -2.39. The van der Waals surface area contributed by atoms with Gasteiger partial charge in [0, 0.05) is 79.6 Å². The zero-order valence-corrected chi connectivity index (χ0v) is 30.3. The lowest BCUT2D eigenvalue weighted by molar-refractivity contribution is -0.125. The normalized spacial score (nSPS) is 11.6. The highest BCUT2D eigenvalue weighted by molar-refractivity contribution is 5.94. The molecular formula is C35H52N12O8. The van der Waals surface area contributed by atoms with E-state index in [4.69, 9.17) is 0 Å². The molecule has 1 aliphatic rings. The van der Waals surface area contributed by atoms with Crippen molar-refractivity contribution < 1.29 is 28.8 Å². The van der Waals surface area contributed by atoms with Gasteiger partial charge in [-0.2, -0.15) is 0 Å². The van der Waals surface area contributed by atoms with Gasteiger partial charge in [-0.1, -0.05) is 14.9 Å². The SMILES string of the molecule is C.C.CNC(=O)C1CCC(=O)N1.CNC(=O)c1ccc(=O)[nH]c1.CNC(=O)c1ccc[nH]c1=O.CNC(=O)c1cn(C)cn1.CNC(=O)c1cnc(C)cn1. The maximum Gasteiger partial charge on any atom is 0.271 e. The average molecular weight is 769 g/mol. The summed E-state index contributed by atoms with van der Waals surface area (Å²) in [6.45, 7) is 1.82. The number of hydrogen-bond acceptors (Lipinski definition) is 11. The minimum Gasteiger partial charge on any atom is -0.357 e. The van der Waals surface area contributed by atoms with Gasteiger partial charge in [-0.25, -0.2) is 9.97 Å². The molecule has 4 aromatic heterocycles. The molecule has 55 heavy (non-hydrogen) atoms. The molecule has 20 nitrogen and oxygen atoms in total. The quantitative estimate of drug-likeness (QED) is 0.130. The maximum absolute atomic E-state index is 10.9. The smallest absolute Gasteiger partial charge is 0.271 e. The summed E-state index contributed by atoms with van der Waals surface area (Å²) in [5.74, 6) is -1.08. The van der Waals surface area contributed by atoms with Gasteiger partial charge in [0.25, 0.3) is 29.2 Å². The standard InChI is InChI=1S/C7H9N3O.2C7H8N2O2.C6H9N3O.C6H10N2O2.2CH4/c1-5-3-10-6(4-9-5)7(11)8-2;1-8-7(11)5-2-3-6(10)9-4-5;1-8-6(10)5-3-2-4-9-7(5)11;1-7-6(10)5-3-9(2)4-8-5;1-7-6(10)4-2-3-5(9)8-4;;/h3-4H,1-2H3,(H,8,11);2-4H,1H3,(H,8,11)(H,9,10);2-4H,1H3,(H,8,10)(H,9,11);3-4H,1-2H3,(H,7,10);4H,2-3H2,1H3,(H,7,10)(H,8,9);2*1H4. The number of aromatic amines is 2. The largest absolute Gasteiger partial charge is 0.357 e. The molecule has 0 aromatic carbocycles. The van der Waals surface area contributed by atoms with Crippen LogP contribution in [-0.2, 0) is 16.6 Å². The van der Waals surface area contributed by atoms with Crippen LogP contribution in [0.4, 0.5) is 0 Å². The second-order valence-electron chi connectivity index (χ2n) is 10.4. The molecule has 1 unspecified atom stereocenters. The summed E-state index contributed by atoms with van der Waals surface area (Å²) in [4.78, 5) is 103. The summed E-state index contributed by atoms with van der Waals surface area (Å²) < 4.78 is 1.73. The molecule has 1 atom stereocenters. The van der Waals surface area contributed by atoms with Gasteiger partial charge < -0.3 is 46.4 Å². The van der Waals surface area contributed by atoms with Crippen LogP contribution in [0.25, 0.3) is 0 Å². The first-order valence-corrected chi connectivity index (χ1v) is 15.7. The number of hydrogen-bond donors (Lipinski definition) is 8. The fourth-order valence-electron chi connectivity index (χ4n) is 3.71. The van der Waals surface area contributed by atoms with Crippen LogP contribution in [0, 0.1) is 6.92 Å². The van der Waals surface area contributed by atoms with Crippen molar-refractivity contribution in [3.63, 3.8) is 0 Å². The second-order valence-corrected chi connectivity index (χ2v) is 10.4. The number of carbonyl (C=O) groups excluding carboxylic acids is 6. The molecule has 4 aromatic rings. The fraction of sp³-hybridized carbons (Fsp3) is 0.343. The van der Waals surface area contributed by atoms with Gasteiger partial charge in [0.15, 0.2) is 0 Å². The van der Waals surface area contributed by atoms with Gasteiger partial charge in [-0.05, 0) is 31.5 Å². The predicted molar refractivity (Wildman–Crippen MR) is 206 cm³/mol. The number of carbonyl (C=O) groups is 6. The maximum atomic E-state index is 10.9. The minimum atomic E-state index is -0.369. The van der Waals surface area contributed by atoms with Crippen LogP contribution in [0.3, 0.4) is 0 Å². The molecule has 300 valence electrons. The van der Waals surface area contributed by atoms with E-state index in [9.17, 15) is 38.4 Å². The number of H-pyrrole nitrogens is 2. The Morgan fingerprint density at radius 1 is 0.745 bits per heavy atom. The van der Waals surface area contributed by atoms with Crippen LogP contribution in [0.1, 0.15) is 75.1 Å². The first-order valence-electron chi connectivity index (χ1n) is 15.7. The Labute approximate surface area is 318 Å². The average Bonchev–Trinajstić information content (AvgIpc) is 3.83.